The summed E-state index contributed by atoms with van der Waals surface area (Å²) < 4.78 is 5.97. The molecule has 4 fully saturated rings. The van der Waals surface area contributed by atoms with E-state index in [0.29, 0.717) is 18.4 Å². The van der Waals surface area contributed by atoms with E-state index in [-0.39, 0.29) is 15.7 Å². The molecule has 0 aromatic heterocycles. The molecule has 0 saturated heterocycles. The minimum atomic E-state index is -0.215. The van der Waals surface area contributed by atoms with Gasteiger partial charge in [0.15, 0.2) is 0 Å². The van der Waals surface area contributed by atoms with Gasteiger partial charge < -0.3 is 4.74 Å². The second kappa shape index (κ2) is 5.80. The Labute approximate surface area is 150 Å². The molecule has 4 heteroatoms. The SMILES string of the molecule is CSc1ccc(COC(=O)C23C[C@@H]4C[C@@H](CC(Br)(C4)C2)C3)cc1. The molecule has 5 rings (SSSR count). The Hall–Kier alpha value is -0.480. The molecule has 0 radical (unpaired) electrons. The quantitative estimate of drug-likeness (QED) is 0.399. The molecule has 4 bridgehead atoms. The lowest BCUT2D eigenvalue weighted by atomic mass is 9.49. The van der Waals surface area contributed by atoms with Gasteiger partial charge in [-0.15, -0.1) is 11.8 Å². The number of carbonyl (C=O) groups excluding carboxylic acids is 1. The standard InChI is InChI=1S/C19H23BrO2S/c1-23-16-4-2-13(3-5-16)11-22-17(21)18-7-14-6-15(8-18)10-19(20,9-14)12-18/h2-5,14-15H,6-12H2,1H3/t14-,15+,18?,19?. The second-order valence-electron chi connectivity index (χ2n) is 7.82. The molecular formula is C19H23BrO2S. The number of hydrogen-bond acceptors (Lipinski definition) is 3. The van der Waals surface area contributed by atoms with Gasteiger partial charge in [-0.25, -0.2) is 0 Å². The van der Waals surface area contributed by atoms with Crippen LogP contribution in [0.5, 0.6) is 0 Å². The van der Waals surface area contributed by atoms with Gasteiger partial charge in [0.1, 0.15) is 6.61 Å². The average molecular weight is 395 g/mol. The fourth-order valence-electron chi connectivity index (χ4n) is 5.41. The van der Waals surface area contributed by atoms with Gasteiger partial charge in [-0.3, -0.25) is 4.79 Å². The summed E-state index contributed by atoms with van der Waals surface area (Å²) in [5, 5.41) is 0. The van der Waals surface area contributed by atoms with Gasteiger partial charge in [-0.2, -0.15) is 0 Å². The first-order valence-electron chi connectivity index (χ1n) is 8.49. The van der Waals surface area contributed by atoms with Gasteiger partial charge in [-0.1, -0.05) is 28.1 Å². The van der Waals surface area contributed by atoms with E-state index in [1.807, 2.05) is 0 Å². The number of thioether (sulfide) groups is 1. The van der Waals surface area contributed by atoms with Crippen molar-refractivity contribution in [1.29, 1.82) is 0 Å². The predicted molar refractivity (Wildman–Crippen MR) is 96.8 cm³/mol. The van der Waals surface area contributed by atoms with Crippen LogP contribution < -0.4 is 0 Å². The van der Waals surface area contributed by atoms with Crippen LogP contribution in [0.3, 0.4) is 0 Å². The van der Waals surface area contributed by atoms with Crippen LogP contribution in [-0.2, 0) is 16.1 Å². The first-order chi connectivity index (χ1) is 11.0. The summed E-state index contributed by atoms with van der Waals surface area (Å²) in [5.41, 5.74) is 0.863. The van der Waals surface area contributed by atoms with Gasteiger partial charge in [0, 0.05) is 9.22 Å². The van der Waals surface area contributed by atoms with Crippen molar-refractivity contribution in [2.24, 2.45) is 17.3 Å². The highest BCUT2D eigenvalue weighted by Gasteiger charge is 2.60. The summed E-state index contributed by atoms with van der Waals surface area (Å²) in [6.07, 6.45) is 8.93. The number of esters is 1. The van der Waals surface area contributed by atoms with Crippen molar-refractivity contribution in [1.82, 2.24) is 0 Å². The van der Waals surface area contributed by atoms with Crippen molar-refractivity contribution in [3.8, 4) is 0 Å². The lowest BCUT2D eigenvalue weighted by Crippen LogP contribution is -2.56. The van der Waals surface area contributed by atoms with Crippen LogP contribution in [0, 0.1) is 17.3 Å². The van der Waals surface area contributed by atoms with Crippen molar-refractivity contribution in [3.63, 3.8) is 0 Å². The van der Waals surface area contributed by atoms with Gasteiger partial charge in [0.25, 0.3) is 0 Å². The lowest BCUT2D eigenvalue weighted by molar-refractivity contribution is -0.170. The Balaban J connectivity index is 1.44. The molecule has 2 nitrogen and oxygen atoms in total. The monoisotopic (exact) mass is 394 g/mol. The smallest absolute Gasteiger partial charge is 0.312 e. The Morgan fingerprint density at radius 2 is 1.87 bits per heavy atom. The van der Waals surface area contributed by atoms with Crippen LogP contribution in [0.15, 0.2) is 29.2 Å². The highest BCUT2D eigenvalue weighted by atomic mass is 79.9. The van der Waals surface area contributed by atoms with Crippen molar-refractivity contribution in [2.45, 2.75) is 54.4 Å². The summed E-state index contributed by atoms with van der Waals surface area (Å²) >= 11 is 5.69. The zero-order valence-corrected chi connectivity index (χ0v) is 15.9. The normalized spacial score (nSPS) is 37.8. The summed E-state index contributed by atoms with van der Waals surface area (Å²) in [7, 11) is 0. The van der Waals surface area contributed by atoms with E-state index in [4.69, 9.17) is 4.74 Å². The fourth-order valence-corrected chi connectivity index (χ4v) is 7.27. The zero-order chi connectivity index (χ0) is 16.1. The van der Waals surface area contributed by atoms with Crippen LogP contribution >= 0.6 is 27.7 Å². The maximum atomic E-state index is 12.9. The average Bonchev–Trinajstić information content (AvgIpc) is 2.50. The number of alkyl halides is 1. The lowest BCUT2D eigenvalue weighted by Gasteiger charge is -2.58. The van der Waals surface area contributed by atoms with Crippen molar-refractivity contribution in [3.05, 3.63) is 29.8 Å². The maximum absolute atomic E-state index is 12.9. The molecule has 124 valence electrons. The summed E-state index contributed by atoms with van der Waals surface area (Å²) in [6.45, 7) is 0.403. The molecule has 4 atom stereocenters. The van der Waals surface area contributed by atoms with E-state index in [1.54, 1.807) is 11.8 Å². The first kappa shape index (κ1) is 16.0. The summed E-state index contributed by atoms with van der Waals surface area (Å²) in [5.74, 6) is 1.47. The van der Waals surface area contributed by atoms with Gasteiger partial charge in [0.05, 0.1) is 5.41 Å². The van der Waals surface area contributed by atoms with E-state index >= 15 is 0 Å². The van der Waals surface area contributed by atoms with Crippen molar-refractivity contribution in [2.75, 3.05) is 6.26 Å². The maximum Gasteiger partial charge on any atom is 0.312 e. The van der Waals surface area contributed by atoms with Crippen molar-refractivity contribution < 1.29 is 9.53 Å². The van der Waals surface area contributed by atoms with E-state index in [9.17, 15) is 4.79 Å². The molecule has 0 heterocycles. The third kappa shape index (κ3) is 2.97. The molecule has 4 aliphatic carbocycles. The topological polar surface area (TPSA) is 26.3 Å². The predicted octanol–water partition coefficient (Wildman–Crippen LogP) is 5.19. The minimum absolute atomic E-state index is 0.0457. The summed E-state index contributed by atoms with van der Waals surface area (Å²) in [4.78, 5) is 14.1. The highest BCUT2D eigenvalue weighted by molar-refractivity contribution is 9.10. The van der Waals surface area contributed by atoms with E-state index in [0.717, 1.165) is 24.8 Å². The number of ether oxygens (including phenoxy) is 1. The number of hydrogen-bond donors (Lipinski definition) is 0. The van der Waals surface area contributed by atoms with E-state index < -0.39 is 0 Å². The molecule has 0 spiro atoms. The molecule has 4 aliphatic rings. The third-order valence-electron chi connectivity index (χ3n) is 5.95. The van der Waals surface area contributed by atoms with Crippen molar-refractivity contribution >= 4 is 33.7 Å². The summed E-state index contributed by atoms with van der Waals surface area (Å²) in [6, 6.07) is 8.30. The largest absolute Gasteiger partial charge is 0.460 e. The molecule has 0 aliphatic heterocycles. The molecule has 23 heavy (non-hydrogen) atoms. The Morgan fingerprint density at radius 1 is 1.22 bits per heavy atom. The molecule has 1 aromatic rings. The molecule has 0 amide bonds. The van der Waals surface area contributed by atoms with Gasteiger partial charge >= 0.3 is 5.97 Å². The number of benzene rings is 1. The van der Waals surface area contributed by atoms with Crippen LogP contribution in [0.2, 0.25) is 0 Å². The highest BCUT2D eigenvalue weighted by Crippen LogP contribution is 2.64. The van der Waals surface area contributed by atoms with Crippen LogP contribution in [0.4, 0.5) is 0 Å². The number of halogens is 1. The molecule has 0 N–H and O–H groups in total. The zero-order valence-electron chi connectivity index (χ0n) is 13.5. The molecular weight excluding hydrogens is 372 g/mol. The van der Waals surface area contributed by atoms with Crippen LogP contribution in [0.25, 0.3) is 0 Å². The Morgan fingerprint density at radius 3 is 2.43 bits per heavy atom. The molecule has 4 saturated carbocycles. The first-order valence-corrected chi connectivity index (χ1v) is 10.5. The fraction of sp³-hybridized carbons (Fsp3) is 0.632. The number of carbonyl (C=O) groups is 1. The third-order valence-corrected chi connectivity index (χ3v) is 7.62. The second-order valence-corrected chi connectivity index (χ2v) is 10.4. The van der Waals surface area contributed by atoms with E-state index in [1.165, 1.54) is 24.2 Å². The molecule has 2 unspecified atom stereocenters. The van der Waals surface area contributed by atoms with Crippen LogP contribution in [-0.4, -0.2) is 16.5 Å². The number of rotatable bonds is 4. The van der Waals surface area contributed by atoms with E-state index in [2.05, 4.69) is 46.5 Å². The van der Waals surface area contributed by atoms with Gasteiger partial charge in [-0.05, 0) is 74.3 Å². The van der Waals surface area contributed by atoms with Gasteiger partial charge in [0.2, 0.25) is 0 Å². The molecule has 1 aromatic carbocycles. The van der Waals surface area contributed by atoms with Crippen LogP contribution in [0.1, 0.15) is 44.1 Å². The minimum Gasteiger partial charge on any atom is -0.460 e. The Kier molecular flexibility index (Phi) is 4.04. The Bertz CT molecular complexity index is 598.